The van der Waals surface area contributed by atoms with Gasteiger partial charge in [0.1, 0.15) is 17.6 Å². The average Bonchev–Trinajstić information content (AvgIpc) is 2.82. The average molecular weight is 442 g/mol. The van der Waals surface area contributed by atoms with Crippen LogP contribution in [-0.4, -0.2) is 66.9 Å². The van der Waals surface area contributed by atoms with Crippen LogP contribution >= 0.6 is 0 Å². The lowest BCUT2D eigenvalue weighted by Crippen LogP contribution is -2.57. The van der Waals surface area contributed by atoms with Gasteiger partial charge in [-0.05, 0) is 54.4 Å². The van der Waals surface area contributed by atoms with Crippen LogP contribution in [0.3, 0.4) is 0 Å². The fourth-order valence-electron chi connectivity index (χ4n) is 3.58. The van der Waals surface area contributed by atoms with E-state index in [2.05, 4.69) is 5.32 Å². The van der Waals surface area contributed by atoms with E-state index in [4.69, 9.17) is 4.74 Å². The van der Waals surface area contributed by atoms with Crippen molar-refractivity contribution in [1.82, 2.24) is 15.1 Å². The number of amides is 3. The van der Waals surface area contributed by atoms with E-state index >= 15 is 0 Å². The smallest absolute Gasteiger partial charge is 0.253 e. The van der Waals surface area contributed by atoms with E-state index in [1.807, 2.05) is 13.8 Å². The van der Waals surface area contributed by atoms with Gasteiger partial charge in [-0.3, -0.25) is 14.4 Å². The Bertz CT molecular complexity index is 952. The third-order valence-electron chi connectivity index (χ3n) is 5.54. The molecule has 1 fully saturated rings. The Morgan fingerprint density at radius 3 is 1.94 bits per heavy atom. The molecule has 0 bridgehead atoms. The van der Waals surface area contributed by atoms with Gasteiger partial charge >= 0.3 is 0 Å². The van der Waals surface area contributed by atoms with Gasteiger partial charge < -0.3 is 19.9 Å². The summed E-state index contributed by atoms with van der Waals surface area (Å²) in [4.78, 5) is 41.8. The molecule has 1 aliphatic heterocycles. The molecule has 2 aromatic rings. The van der Waals surface area contributed by atoms with Crippen molar-refractivity contribution in [3.05, 3.63) is 65.5 Å². The highest BCUT2D eigenvalue weighted by molar-refractivity contribution is 5.98. The summed E-state index contributed by atoms with van der Waals surface area (Å²) in [6.45, 7) is 5.31. The maximum atomic E-state index is 13.1. The number of nitrogens with one attached hydrogen (secondary N) is 1. The first-order valence-corrected chi connectivity index (χ1v) is 10.6. The van der Waals surface area contributed by atoms with Gasteiger partial charge in [0.15, 0.2) is 0 Å². The summed E-state index contributed by atoms with van der Waals surface area (Å²) in [5.41, 5.74) is 0.858. The third kappa shape index (κ3) is 5.43. The molecule has 1 aliphatic rings. The maximum Gasteiger partial charge on any atom is 0.253 e. The quantitative estimate of drug-likeness (QED) is 0.747. The Balaban J connectivity index is 1.59. The number of hydrogen-bond acceptors (Lipinski definition) is 4. The van der Waals surface area contributed by atoms with E-state index in [0.717, 1.165) is 0 Å². The minimum Gasteiger partial charge on any atom is -0.497 e. The third-order valence-corrected chi connectivity index (χ3v) is 5.54. The van der Waals surface area contributed by atoms with E-state index in [0.29, 0.717) is 43.1 Å². The van der Waals surface area contributed by atoms with Crippen LogP contribution < -0.4 is 10.1 Å². The van der Waals surface area contributed by atoms with Crippen molar-refractivity contribution >= 4 is 17.7 Å². The van der Waals surface area contributed by atoms with Gasteiger partial charge in [-0.15, -0.1) is 0 Å². The number of halogens is 1. The number of carbonyl (C=O) groups is 3. The van der Waals surface area contributed by atoms with Gasteiger partial charge in [0.2, 0.25) is 5.91 Å². The van der Waals surface area contributed by atoms with Gasteiger partial charge in [-0.1, -0.05) is 13.8 Å². The van der Waals surface area contributed by atoms with Gasteiger partial charge in [0.25, 0.3) is 11.8 Å². The Kier molecular flexibility index (Phi) is 7.45. The van der Waals surface area contributed by atoms with Gasteiger partial charge in [-0.2, -0.15) is 0 Å². The Labute approximate surface area is 187 Å². The van der Waals surface area contributed by atoms with Crippen molar-refractivity contribution in [2.24, 2.45) is 5.92 Å². The van der Waals surface area contributed by atoms with Crippen LogP contribution in [0.5, 0.6) is 5.75 Å². The van der Waals surface area contributed by atoms with Crippen molar-refractivity contribution in [3.8, 4) is 5.75 Å². The van der Waals surface area contributed by atoms with Crippen LogP contribution in [0.15, 0.2) is 48.5 Å². The first kappa shape index (κ1) is 23.2. The maximum absolute atomic E-state index is 13.1. The normalized spacial score (nSPS) is 14.8. The topological polar surface area (TPSA) is 79.0 Å². The summed E-state index contributed by atoms with van der Waals surface area (Å²) in [7, 11) is 1.57. The number of benzene rings is 2. The predicted molar refractivity (Wildman–Crippen MR) is 118 cm³/mol. The standard InChI is InChI=1S/C24H28FN3O4/c1-16(2)21(26-22(29)17-4-8-19(25)9-5-17)24(31)28-14-12-27(13-15-28)23(30)18-6-10-20(32-3)11-7-18/h4-11,16,21H,12-15H2,1-3H3,(H,26,29). The van der Waals surface area contributed by atoms with E-state index in [9.17, 15) is 18.8 Å². The lowest BCUT2D eigenvalue weighted by atomic mass is 10.0. The second kappa shape index (κ2) is 10.3. The molecule has 1 unspecified atom stereocenters. The summed E-state index contributed by atoms with van der Waals surface area (Å²) in [6.07, 6.45) is 0. The van der Waals surface area contributed by atoms with Crippen molar-refractivity contribution in [1.29, 1.82) is 0 Å². The molecule has 0 saturated carbocycles. The largest absolute Gasteiger partial charge is 0.497 e. The zero-order chi connectivity index (χ0) is 23.3. The van der Waals surface area contributed by atoms with E-state index in [-0.39, 0.29) is 17.7 Å². The summed E-state index contributed by atoms with van der Waals surface area (Å²) in [6, 6.07) is 11.4. The molecule has 3 amide bonds. The molecule has 170 valence electrons. The van der Waals surface area contributed by atoms with Crippen LogP contribution in [0.1, 0.15) is 34.6 Å². The lowest BCUT2D eigenvalue weighted by Gasteiger charge is -2.37. The number of nitrogens with zero attached hydrogens (tertiary/aromatic N) is 2. The molecule has 1 atom stereocenters. The van der Waals surface area contributed by atoms with E-state index in [1.165, 1.54) is 24.3 Å². The second-order valence-corrected chi connectivity index (χ2v) is 8.05. The molecular weight excluding hydrogens is 413 g/mol. The molecule has 3 rings (SSSR count). The molecular formula is C24H28FN3O4. The molecule has 1 saturated heterocycles. The van der Waals surface area contributed by atoms with Gasteiger partial charge in [0.05, 0.1) is 7.11 Å². The molecule has 8 heteroatoms. The van der Waals surface area contributed by atoms with Crippen molar-refractivity contribution in [2.45, 2.75) is 19.9 Å². The summed E-state index contributed by atoms with van der Waals surface area (Å²) in [5.74, 6) is -0.590. The number of rotatable bonds is 6. The molecule has 7 nitrogen and oxygen atoms in total. The highest BCUT2D eigenvalue weighted by atomic mass is 19.1. The summed E-state index contributed by atoms with van der Waals surface area (Å²) >= 11 is 0. The van der Waals surface area contributed by atoms with Crippen LogP contribution in [0.2, 0.25) is 0 Å². The van der Waals surface area contributed by atoms with Crippen LogP contribution in [-0.2, 0) is 4.79 Å². The highest BCUT2D eigenvalue weighted by Gasteiger charge is 2.32. The second-order valence-electron chi connectivity index (χ2n) is 8.05. The predicted octanol–water partition coefficient (Wildman–Crippen LogP) is 2.57. The molecule has 1 heterocycles. The summed E-state index contributed by atoms with van der Waals surface area (Å²) < 4.78 is 18.2. The SMILES string of the molecule is COc1ccc(C(=O)N2CCN(C(=O)C(NC(=O)c3ccc(F)cc3)C(C)C)CC2)cc1. The molecule has 0 radical (unpaired) electrons. The first-order chi connectivity index (χ1) is 15.3. The van der Waals surface area contributed by atoms with Crippen LogP contribution in [0.25, 0.3) is 0 Å². The highest BCUT2D eigenvalue weighted by Crippen LogP contribution is 2.16. The Hall–Kier alpha value is -3.42. The first-order valence-electron chi connectivity index (χ1n) is 10.6. The molecule has 0 aliphatic carbocycles. The number of hydrogen-bond donors (Lipinski definition) is 1. The number of piperazine rings is 1. The summed E-state index contributed by atoms with van der Waals surface area (Å²) in [5, 5.41) is 2.77. The zero-order valence-electron chi connectivity index (χ0n) is 18.5. The van der Waals surface area contributed by atoms with Crippen molar-refractivity contribution < 1.29 is 23.5 Å². The van der Waals surface area contributed by atoms with Crippen molar-refractivity contribution in [3.63, 3.8) is 0 Å². The monoisotopic (exact) mass is 441 g/mol. The Morgan fingerprint density at radius 1 is 0.875 bits per heavy atom. The lowest BCUT2D eigenvalue weighted by molar-refractivity contribution is -0.135. The number of ether oxygens (including phenoxy) is 1. The van der Waals surface area contributed by atoms with Crippen LogP contribution in [0, 0.1) is 11.7 Å². The molecule has 2 aromatic carbocycles. The fourth-order valence-corrected chi connectivity index (χ4v) is 3.58. The van der Waals surface area contributed by atoms with Crippen LogP contribution in [0.4, 0.5) is 4.39 Å². The van der Waals surface area contributed by atoms with Gasteiger partial charge in [0, 0.05) is 37.3 Å². The number of carbonyl (C=O) groups excluding carboxylic acids is 3. The Morgan fingerprint density at radius 2 is 1.41 bits per heavy atom. The van der Waals surface area contributed by atoms with Gasteiger partial charge in [-0.25, -0.2) is 4.39 Å². The molecule has 0 aromatic heterocycles. The molecule has 32 heavy (non-hydrogen) atoms. The zero-order valence-corrected chi connectivity index (χ0v) is 18.5. The minimum absolute atomic E-state index is 0.0928. The van der Waals surface area contributed by atoms with E-state index in [1.54, 1.807) is 41.2 Å². The minimum atomic E-state index is -0.712. The molecule has 0 spiro atoms. The fraction of sp³-hybridized carbons (Fsp3) is 0.375. The molecule has 1 N–H and O–H groups in total. The number of methoxy groups -OCH3 is 1. The van der Waals surface area contributed by atoms with Crippen molar-refractivity contribution in [2.75, 3.05) is 33.3 Å². The van der Waals surface area contributed by atoms with E-state index < -0.39 is 17.8 Å².